The number of likely N-dealkylation sites (N-methyl/N-ethyl adjacent to an activating group) is 1. The minimum absolute atomic E-state index is 0.0599. The van der Waals surface area contributed by atoms with Gasteiger partial charge in [0.2, 0.25) is 0 Å². The zero-order chi connectivity index (χ0) is 19.7. The van der Waals surface area contributed by atoms with Crippen LogP contribution in [0.25, 0.3) is 0 Å². The van der Waals surface area contributed by atoms with Crippen molar-refractivity contribution in [2.75, 3.05) is 11.9 Å². The maximum absolute atomic E-state index is 13.2. The largest absolute Gasteiger partial charge is 0.488 e. The van der Waals surface area contributed by atoms with Gasteiger partial charge < -0.3 is 14.4 Å². The van der Waals surface area contributed by atoms with Gasteiger partial charge in [-0.2, -0.15) is 0 Å². The number of carbonyl (C=O) groups excluding carboxylic acids is 1. The van der Waals surface area contributed by atoms with E-state index in [9.17, 15) is 4.79 Å². The molecule has 2 aromatic carbocycles. The Balaban J connectivity index is 1.47. The first-order valence-corrected chi connectivity index (χ1v) is 10.4. The lowest BCUT2D eigenvalue weighted by molar-refractivity contribution is -0.133. The summed E-state index contributed by atoms with van der Waals surface area (Å²) in [5.41, 5.74) is 0.754. The Morgan fingerprint density at radius 2 is 1.93 bits per heavy atom. The number of hydrogen-bond acceptors (Lipinski definition) is 3. The molecule has 0 radical (unpaired) electrons. The van der Waals surface area contributed by atoms with Crippen LogP contribution in [0, 0.1) is 0 Å². The van der Waals surface area contributed by atoms with Gasteiger partial charge in [-0.1, -0.05) is 35.3 Å². The molecular weight excluding hydrogens is 397 g/mol. The molecular formula is C22H23Cl2NO3. The minimum Gasteiger partial charge on any atom is -0.488 e. The molecule has 2 saturated carbocycles. The van der Waals surface area contributed by atoms with Crippen molar-refractivity contribution in [1.29, 1.82) is 0 Å². The molecule has 148 valence electrons. The van der Waals surface area contributed by atoms with E-state index in [1.54, 1.807) is 30.1 Å². The lowest BCUT2D eigenvalue weighted by Gasteiger charge is -2.30. The van der Waals surface area contributed by atoms with Gasteiger partial charge in [-0.25, -0.2) is 0 Å². The van der Waals surface area contributed by atoms with Gasteiger partial charge in [0, 0.05) is 17.1 Å². The highest BCUT2D eigenvalue weighted by molar-refractivity contribution is 6.33. The number of ether oxygens (including phenoxy) is 2. The lowest BCUT2D eigenvalue weighted by atomic mass is 9.96. The molecule has 2 aliphatic rings. The summed E-state index contributed by atoms with van der Waals surface area (Å²) < 4.78 is 12.1. The van der Waals surface area contributed by atoms with Gasteiger partial charge in [0.05, 0.1) is 18.4 Å². The predicted molar refractivity (Wildman–Crippen MR) is 111 cm³/mol. The van der Waals surface area contributed by atoms with Crippen LogP contribution in [-0.2, 0) is 16.1 Å². The van der Waals surface area contributed by atoms with Crippen LogP contribution in [0.15, 0.2) is 42.5 Å². The zero-order valence-electron chi connectivity index (χ0n) is 15.8. The van der Waals surface area contributed by atoms with Crippen molar-refractivity contribution in [2.45, 2.75) is 50.4 Å². The van der Waals surface area contributed by atoms with Crippen molar-refractivity contribution in [3.63, 3.8) is 0 Å². The molecule has 0 spiro atoms. The fraction of sp³-hybridized carbons (Fsp3) is 0.409. The molecule has 0 aliphatic heterocycles. The van der Waals surface area contributed by atoms with Crippen LogP contribution < -0.4 is 9.64 Å². The number of para-hydroxylation sites is 2. The van der Waals surface area contributed by atoms with Crippen LogP contribution in [0.4, 0.5) is 5.69 Å². The molecule has 0 heterocycles. The summed E-state index contributed by atoms with van der Waals surface area (Å²) >= 11 is 12.3. The van der Waals surface area contributed by atoms with E-state index in [1.807, 2.05) is 24.3 Å². The summed E-state index contributed by atoms with van der Waals surface area (Å²) in [7, 11) is 1.78. The smallest absolute Gasteiger partial charge is 0.259 e. The summed E-state index contributed by atoms with van der Waals surface area (Å²) in [5.74, 6) is 0.687. The maximum Gasteiger partial charge on any atom is 0.259 e. The van der Waals surface area contributed by atoms with E-state index >= 15 is 0 Å². The number of benzene rings is 2. The van der Waals surface area contributed by atoms with E-state index in [0.717, 1.165) is 29.8 Å². The number of hydrogen-bond donors (Lipinski definition) is 0. The van der Waals surface area contributed by atoms with Gasteiger partial charge in [0.25, 0.3) is 5.91 Å². The number of amides is 1. The van der Waals surface area contributed by atoms with E-state index in [2.05, 4.69) is 0 Å². The number of rotatable bonds is 7. The van der Waals surface area contributed by atoms with Crippen molar-refractivity contribution in [3.05, 3.63) is 58.1 Å². The van der Waals surface area contributed by atoms with Gasteiger partial charge in [-0.3, -0.25) is 4.79 Å². The second kappa shape index (κ2) is 7.94. The summed E-state index contributed by atoms with van der Waals surface area (Å²) in [6.45, 7) is 0.249. The average molecular weight is 420 g/mol. The molecule has 0 N–H and O–H groups in total. The Morgan fingerprint density at radius 3 is 2.61 bits per heavy atom. The number of nitrogens with zero attached hydrogens (tertiary/aromatic N) is 1. The Hall–Kier alpha value is -1.75. The lowest BCUT2D eigenvalue weighted by Crippen LogP contribution is -2.40. The quantitative estimate of drug-likeness (QED) is 0.582. The molecule has 28 heavy (non-hydrogen) atoms. The summed E-state index contributed by atoms with van der Waals surface area (Å²) in [6.07, 6.45) is 4.98. The SMILES string of the molecule is CN(C(=O)C1(OCc2cc(Cl)ccc2Cl)CC1)c1ccccc1OC1CCC1. The second-order valence-corrected chi connectivity index (χ2v) is 8.36. The molecule has 0 bridgehead atoms. The van der Waals surface area contributed by atoms with Crippen LogP contribution in [0.5, 0.6) is 5.75 Å². The van der Waals surface area contributed by atoms with Crippen LogP contribution in [0.3, 0.4) is 0 Å². The van der Waals surface area contributed by atoms with Crippen LogP contribution in [-0.4, -0.2) is 24.7 Å². The predicted octanol–water partition coefficient (Wildman–Crippen LogP) is 5.64. The Bertz CT molecular complexity index is 878. The van der Waals surface area contributed by atoms with E-state index in [4.69, 9.17) is 32.7 Å². The van der Waals surface area contributed by atoms with Crippen molar-refractivity contribution < 1.29 is 14.3 Å². The summed E-state index contributed by atoms with van der Waals surface area (Å²) in [4.78, 5) is 14.9. The molecule has 2 aliphatic carbocycles. The third-order valence-corrected chi connectivity index (χ3v) is 6.09. The summed E-state index contributed by atoms with van der Waals surface area (Å²) in [6, 6.07) is 12.9. The second-order valence-electron chi connectivity index (χ2n) is 7.52. The third-order valence-electron chi connectivity index (χ3n) is 5.48. The molecule has 6 heteroatoms. The zero-order valence-corrected chi connectivity index (χ0v) is 17.3. The Morgan fingerprint density at radius 1 is 1.18 bits per heavy atom. The van der Waals surface area contributed by atoms with Crippen LogP contribution >= 0.6 is 23.2 Å². The first kappa shape index (κ1) is 19.6. The average Bonchev–Trinajstić information content (AvgIpc) is 3.46. The minimum atomic E-state index is -0.802. The number of anilines is 1. The topological polar surface area (TPSA) is 38.8 Å². The highest BCUT2D eigenvalue weighted by atomic mass is 35.5. The fourth-order valence-electron chi connectivity index (χ4n) is 3.32. The maximum atomic E-state index is 13.2. The van der Waals surface area contributed by atoms with Gasteiger partial charge in [-0.05, 0) is 68.0 Å². The van der Waals surface area contributed by atoms with Gasteiger partial charge in [-0.15, -0.1) is 0 Å². The highest BCUT2D eigenvalue weighted by Crippen LogP contribution is 2.44. The highest BCUT2D eigenvalue weighted by Gasteiger charge is 2.53. The first-order valence-electron chi connectivity index (χ1n) is 9.60. The molecule has 0 unspecified atom stereocenters. The first-order chi connectivity index (χ1) is 13.5. The van der Waals surface area contributed by atoms with Crippen LogP contribution in [0.1, 0.15) is 37.7 Å². The molecule has 0 aromatic heterocycles. The molecule has 0 atom stereocenters. The third kappa shape index (κ3) is 4.00. The molecule has 4 nitrogen and oxygen atoms in total. The van der Waals surface area contributed by atoms with Crippen molar-refractivity contribution in [1.82, 2.24) is 0 Å². The Kier molecular flexibility index (Phi) is 5.55. The normalized spacial score (nSPS) is 17.7. The van der Waals surface area contributed by atoms with Crippen molar-refractivity contribution in [3.8, 4) is 5.75 Å². The van der Waals surface area contributed by atoms with E-state index in [-0.39, 0.29) is 18.6 Å². The van der Waals surface area contributed by atoms with E-state index in [0.29, 0.717) is 22.9 Å². The standard InChI is InChI=1S/C22H23Cl2NO3/c1-25(19-7-2-3-8-20(19)28-17-5-4-6-17)21(26)22(11-12-22)27-14-15-13-16(23)9-10-18(15)24/h2-3,7-10,13,17H,4-6,11-12,14H2,1H3. The molecule has 2 fully saturated rings. The van der Waals surface area contributed by atoms with E-state index in [1.165, 1.54) is 6.42 Å². The van der Waals surface area contributed by atoms with Crippen molar-refractivity contribution in [2.24, 2.45) is 0 Å². The number of halogens is 2. The molecule has 1 amide bonds. The monoisotopic (exact) mass is 419 g/mol. The van der Waals surface area contributed by atoms with Gasteiger partial charge in [0.1, 0.15) is 11.4 Å². The molecule has 2 aromatic rings. The van der Waals surface area contributed by atoms with E-state index < -0.39 is 5.60 Å². The van der Waals surface area contributed by atoms with Crippen molar-refractivity contribution >= 4 is 34.8 Å². The molecule has 0 saturated heterocycles. The van der Waals surface area contributed by atoms with Crippen LogP contribution in [0.2, 0.25) is 10.0 Å². The summed E-state index contributed by atoms with van der Waals surface area (Å²) in [5, 5.41) is 1.18. The van der Waals surface area contributed by atoms with Gasteiger partial charge in [0.15, 0.2) is 0 Å². The number of carbonyl (C=O) groups is 1. The van der Waals surface area contributed by atoms with Gasteiger partial charge >= 0.3 is 0 Å². The fourth-order valence-corrected chi connectivity index (χ4v) is 3.69. The molecule has 4 rings (SSSR count). The Labute approximate surface area is 175 Å².